The number of nitrogens with one attached hydrogen (secondary N) is 1. The molecule has 1 amide bonds. The summed E-state index contributed by atoms with van der Waals surface area (Å²) in [5, 5.41) is 5.11. The Morgan fingerprint density at radius 1 is 1.03 bits per heavy atom. The summed E-state index contributed by atoms with van der Waals surface area (Å²) in [6, 6.07) is 16.0. The van der Waals surface area contributed by atoms with Gasteiger partial charge in [0.15, 0.2) is 0 Å². The minimum absolute atomic E-state index is 0.0520. The second-order valence-electron chi connectivity index (χ2n) is 6.89. The summed E-state index contributed by atoms with van der Waals surface area (Å²) in [7, 11) is 1.66. The van der Waals surface area contributed by atoms with E-state index in [2.05, 4.69) is 43.3 Å². The first-order chi connectivity index (χ1) is 14.6. The molecule has 0 fully saturated rings. The Balaban J connectivity index is 1.57. The molecule has 0 aliphatic heterocycles. The zero-order valence-electron chi connectivity index (χ0n) is 16.4. The molecular weight excluding hydrogens is 442 g/mol. The lowest BCUT2D eigenvalue weighted by Gasteiger charge is -2.13. The molecule has 0 spiro atoms. The quantitative estimate of drug-likeness (QED) is 0.442. The zero-order valence-corrected chi connectivity index (χ0v) is 18.0. The van der Waals surface area contributed by atoms with E-state index in [1.807, 2.05) is 42.6 Å². The SMILES string of the molecule is COc1cccc(-c2ccc(CNC(=O)Cc3cncc(Br)c3)c3cnccc23)c1. The summed E-state index contributed by atoms with van der Waals surface area (Å²) in [6.45, 7) is 0.431. The molecule has 150 valence electrons. The highest BCUT2D eigenvalue weighted by Gasteiger charge is 2.10. The molecule has 30 heavy (non-hydrogen) atoms. The van der Waals surface area contributed by atoms with Gasteiger partial charge in [0.25, 0.3) is 0 Å². The fourth-order valence-electron chi connectivity index (χ4n) is 3.44. The molecule has 0 aliphatic rings. The second-order valence-corrected chi connectivity index (χ2v) is 7.81. The number of benzene rings is 2. The minimum Gasteiger partial charge on any atom is -0.497 e. The normalized spacial score (nSPS) is 10.7. The molecule has 5 nitrogen and oxygen atoms in total. The summed E-state index contributed by atoms with van der Waals surface area (Å²) in [4.78, 5) is 20.8. The molecule has 0 atom stereocenters. The highest BCUT2D eigenvalue weighted by atomic mass is 79.9. The highest BCUT2D eigenvalue weighted by Crippen LogP contribution is 2.32. The molecule has 4 rings (SSSR count). The number of amides is 1. The van der Waals surface area contributed by atoms with Gasteiger partial charge in [-0.05, 0) is 67.8 Å². The van der Waals surface area contributed by atoms with Gasteiger partial charge in [-0.2, -0.15) is 0 Å². The van der Waals surface area contributed by atoms with Gasteiger partial charge in [-0.3, -0.25) is 14.8 Å². The topological polar surface area (TPSA) is 64.1 Å². The Bertz CT molecular complexity index is 1210. The summed E-state index contributed by atoms with van der Waals surface area (Å²) < 4.78 is 6.23. The average Bonchev–Trinajstić information content (AvgIpc) is 2.77. The van der Waals surface area contributed by atoms with Crippen molar-refractivity contribution in [2.24, 2.45) is 0 Å². The smallest absolute Gasteiger partial charge is 0.224 e. The number of rotatable bonds is 6. The van der Waals surface area contributed by atoms with Crippen LogP contribution in [-0.4, -0.2) is 23.0 Å². The lowest BCUT2D eigenvalue weighted by atomic mass is 9.96. The molecule has 0 bridgehead atoms. The standard InChI is InChI=1S/C24H20BrN3O2/c1-30-20-4-2-3-17(11-20)21-6-5-18(23-15-26-8-7-22(21)23)13-28-24(29)10-16-9-19(25)14-27-12-16/h2-9,11-12,14-15H,10,13H2,1H3,(H,28,29). The van der Waals surface area contributed by atoms with E-state index in [1.54, 1.807) is 25.7 Å². The van der Waals surface area contributed by atoms with Crippen LogP contribution in [-0.2, 0) is 17.8 Å². The fourth-order valence-corrected chi connectivity index (χ4v) is 3.85. The van der Waals surface area contributed by atoms with Gasteiger partial charge in [0.05, 0.1) is 13.5 Å². The van der Waals surface area contributed by atoms with E-state index in [9.17, 15) is 4.79 Å². The van der Waals surface area contributed by atoms with Crippen LogP contribution in [0.15, 0.2) is 77.8 Å². The van der Waals surface area contributed by atoms with Gasteiger partial charge in [0.2, 0.25) is 5.91 Å². The van der Waals surface area contributed by atoms with Gasteiger partial charge in [0, 0.05) is 41.2 Å². The number of carbonyl (C=O) groups excluding carboxylic acids is 1. The molecule has 2 aromatic heterocycles. The third kappa shape index (κ3) is 4.49. The van der Waals surface area contributed by atoms with Crippen molar-refractivity contribution in [3.8, 4) is 16.9 Å². The van der Waals surface area contributed by atoms with Crippen LogP contribution in [0, 0.1) is 0 Å². The van der Waals surface area contributed by atoms with Crippen LogP contribution in [0.3, 0.4) is 0 Å². The lowest BCUT2D eigenvalue weighted by molar-refractivity contribution is -0.120. The Hall–Kier alpha value is -3.25. The molecule has 4 aromatic rings. The molecule has 2 heterocycles. The second kappa shape index (κ2) is 9.05. The van der Waals surface area contributed by atoms with Crippen LogP contribution in [0.25, 0.3) is 21.9 Å². The van der Waals surface area contributed by atoms with Gasteiger partial charge in [-0.15, -0.1) is 0 Å². The van der Waals surface area contributed by atoms with E-state index < -0.39 is 0 Å². The Labute approximate surface area is 183 Å². The fraction of sp³-hybridized carbons (Fsp3) is 0.125. The summed E-state index contributed by atoms with van der Waals surface area (Å²) in [6.07, 6.45) is 7.31. The van der Waals surface area contributed by atoms with Gasteiger partial charge < -0.3 is 10.1 Å². The predicted octanol–water partition coefficient (Wildman–Crippen LogP) is 4.93. The molecule has 0 saturated carbocycles. The third-order valence-electron chi connectivity index (χ3n) is 4.89. The third-order valence-corrected chi connectivity index (χ3v) is 5.32. The van der Waals surface area contributed by atoms with Gasteiger partial charge >= 0.3 is 0 Å². The molecule has 0 aliphatic carbocycles. The maximum Gasteiger partial charge on any atom is 0.224 e. The predicted molar refractivity (Wildman–Crippen MR) is 121 cm³/mol. The van der Waals surface area contributed by atoms with Crippen molar-refractivity contribution >= 4 is 32.6 Å². The first-order valence-corrected chi connectivity index (χ1v) is 10.3. The molecule has 2 aromatic carbocycles. The number of hydrogen-bond donors (Lipinski definition) is 1. The van der Waals surface area contributed by atoms with Crippen LogP contribution in [0.5, 0.6) is 5.75 Å². The van der Waals surface area contributed by atoms with E-state index in [0.717, 1.165) is 43.2 Å². The largest absolute Gasteiger partial charge is 0.497 e. The Morgan fingerprint density at radius 2 is 1.93 bits per heavy atom. The molecular formula is C24H20BrN3O2. The Kier molecular flexibility index (Phi) is 6.05. The Morgan fingerprint density at radius 3 is 2.77 bits per heavy atom. The van der Waals surface area contributed by atoms with Crippen LogP contribution in [0.1, 0.15) is 11.1 Å². The van der Waals surface area contributed by atoms with Crippen LogP contribution in [0.4, 0.5) is 0 Å². The lowest BCUT2D eigenvalue weighted by Crippen LogP contribution is -2.24. The number of carbonyl (C=O) groups is 1. The molecule has 1 N–H and O–H groups in total. The summed E-state index contributed by atoms with van der Waals surface area (Å²) in [5.41, 5.74) is 4.05. The average molecular weight is 462 g/mol. The maximum atomic E-state index is 12.4. The first-order valence-electron chi connectivity index (χ1n) is 9.50. The van der Waals surface area contributed by atoms with Gasteiger partial charge in [0.1, 0.15) is 5.75 Å². The van der Waals surface area contributed by atoms with Gasteiger partial charge in [-0.25, -0.2) is 0 Å². The molecule has 0 saturated heterocycles. The van der Waals surface area contributed by atoms with Crippen LogP contribution < -0.4 is 10.1 Å². The number of aromatic nitrogens is 2. The van der Waals surface area contributed by atoms with Crippen molar-refractivity contribution in [2.75, 3.05) is 7.11 Å². The van der Waals surface area contributed by atoms with E-state index in [-0.39, 0.29) is 12.3 Å². The van der Waals surface area contributed by atoms with E-state index >= 15 is 0 Å². The molecule has 0 unspecified atom stereocenters. The van der Waals surface area contributed by atoms with E-state index in [1.165, 1.54) is 0 Å². The molecule has 6 heteroatoms. The minimum atomic E-state index is -0.0520. The number of hydrogen-bond acceptors (Lipinski definition) is 4. The van der Waals surface area contributed by atoms with Crippen molar-refractivity contribution in [3.63, 3.8) is 0 Å². The number of halogens is 1. The van der Waals surface area contributed by atoms with E-state index in [4.69, 9.17) is 4.74 Å². The van der Waals surface area contributed by atoms with Crippen molar-refractivity contribution in [1.29, 1.82) is 0 Å². The van der Waals surface area contributed by atoms with E-state index in [0.29, 0.717) is 6.54 Å². The number of pyridine rings is 2. The summed E-state index contributed by atoms with van der Waals surface area (Å²) in [5.74, 6) is 0.761. The number of ether oxygens (including phenoxy) is 1. The van der Waals surface area contributed by atoms with Crippen LogP contribution in [0.2, 0.25) is 0 Å². The monoisotopic (exact) mass is 461 g/mol. The maximum absolute atomic E-state index is 12.4. The summed E-state index contributed by atoms with van der Waals surface area (Å²) >= 11 is 3.38. The highest BCUT2D eigenvalue weighted by molar-refractivity contribution is 9.10. The number of nitrogens with zero attached hydrogens (tertiary/aromatic N) is 2. The first kappa shape index (κ1) is 20.0. The number of methoxy groups -OCH3 is 1. The zero-order chi connectivity index (χ0) is 20.9. The van der Waals surface area contributed by atoms with Crippen molar-refractivity contribution in [3.05, 3.63) is 88.9 Å². The van der Waals surface area contributed by atoms with Crippen molar-refractivity contribution in [2.45, 2.75) is 13.0 Å². The number of fused-ring (bicyclic) bond motifs is 1. The van der Waals surface area contributed by atoms with Crippen molar-refractivity contribution in [1.82, 2.24) is 15.3 Å². The van der Waals surface area contributed by atoms with Gasteiger partial charge in [-0.1, -0.05) is 24.3 Å². The van der Waals surface area contributed by atoms with Crippen molar-refractivity contribution < 1.29 is 9.53 Å². The molecule has 0 radical (unpaired) electrons. The van der Waals surface area contributed by atoms with Crippen LogP contribution >= 0.6 is 15.9 Å².